The largest absolute Gasteiger partial charge is 0.497 e. The van der Waals surface area contributed by atoms with Crippen molar-refractivity contribution in [1.29, 1.82) is 0 Å². The summed E-state index contributed by atoms with van der Waals surface area (Å²) in [5.74, 6) is 1.96. The number of amides is 2. The smallest absolute Gasteiger partial charge is 0.262 e. The number of imidazole rings is 1. The third-order valence-electron chi connectivity index (χ3n) is 7.24. The van der Waals surface area contributed by atoms with Gasteiger partial charge in [-0.15, -0.1) is 0 Å². The molecule has 2 aromatic carbocycles. The Morgan fingerprint density at radius 2 is 1.98 bits per heavy atom. The van der Waals surface area contributed by atoms with Gasteiger partial charge in [0.25, 0.3) is 5.91 Å². The molecule has 11 heteroatoms. The molecule has 40 heavy (non-hydrogen) atoms. The fraction of sp³-hybridized carbons (Fsp3) is 0.276. The summed E-state index contributed by atoms with van der Waals surface area (Å²) in [6.45, 7) is 3.80. The van der Waals surface area contributed by atoms with Crippen LogP contribution in [-0.4, -0.2) is 45.7 Å². The number of fused-ring (bicyclic) bond motifs is 1. The quantitative estimate of drug-likeness (QED) is 0.299. The van der Waals surface area contributed by atoms with Crippen LogP contribution >= 0.6 is 11.3 Å². The average molecular weight is 557 g/mol. The van der Waals surface area contributed by atoms with Crippen molar-refractivity contribution in [2.24, 2.45) is 0 Å². The number of piperidine rings is 1. The number of rotatable bonds is 6. The zero-order valence-corrected chi connectivity index (χ0v) is 23.4. The molecule has 0 aliphatic carbocycles. The van der Waals surface area contributed by atoms with Gasteiger partial charge in [0.1, 0.15) is 22.2 Å². The van der Waals surface area contributed by atoms with Gasteiger partial charge >= 0.3 is 0 Å². The number of anilines is 1. The molecule has 0 bridgehead atoms. The van der Waals surface area contributed by atoms with Gasteiger partial charge in [-0.1, -0.05) is 22.6 Å². The van der Waals surface area contributed by atoms with Gasteiger partial charge in [-0.05, 0) is 68.7 Å². The first-order valence-corrected chi connectivity index (χ1v) is 13.8. The molecule has 1 N–H and O–H groups in total. The molecule has 0 radical (unpaired) electrons. The van der Waals surface area contributed by atoms with Crippen LogP contribution in [-0.2, 0) is 4.79 Å². The lowest BCUT2D eigenvalue weighted by molar-refractivity contribution is -0.120. The SMILES string of the molecule is CNC(=O)c1cnc(-n2c([C@@H]3CCCC(=O)N3c3ccc(OC)cc3)nc3cc(-c4c(C)noc4C)ccc32)s1. The van der Waals surface area contributed by atoms with Crippen LogP contribution in [0.25, 0.3) is 27.3 Å². The van der Waals surface area contributed by atoms with Crippen molar-refractivity contribution in [2.45, 2.75) is 39.2 Å². The minimum Gasteiger partial charge on any atom is -0.497 e. The van der Waals surface area contributed by atoms with Crippen LogP contribution < -0.4 is 15.0 Å². The summed E-state index contributed by atoms with van der Waals surface area (Å²) in [6.07, 6.45) is 3.49. The first kappa shape index (κ1) is 25.8. The lowest BCUT2D eigenvalue weighted by atomic mass is 9.99. The van der Waals surface area contributed by atoms with Gasteiger partial charge in [-0.2, -0.15) is 0 Å². The fourth-order valence-electron chi connectivity index (χ4n) is 5.35. The Labute approximate surface area is 234 Å². The number of nitrogens with one attached hydrogen (secondary N) is 1. The molecule has 204 valence electrons. The number of benzene rings is 2. The Morgan fingerprint density at radius 3 is 2.67 bits per heavy atom. The van der Waals surface area contributed by atoms with E-state index in [1.165, 1.54) is 11.3 Å². The standard InChI is InChI=1S/C29H28N6O4S/c1-16-26(17(2)39-33-16)18-8-13-22-21(14-18)32-27(35(22)29-31-15-24(40-29)28(37)30-3)23-6-5-7-25(36)34(23)19-9-11-20(38-4)12-10-19/h8-15,23H,5-7H2,1-4H3,(H,30,37)/t23-/m0/s1. The molecule has 1 saturated heterocycles. The van der Waals surface area contributed by atoms with E-state index in [0.717, 1.165) is 52.1 Å². The zero-order valence-electron chi connectivity index (χ0n) is 22.6. The number of hydrogen-bond acceptors (Lipinski definition) is 8. The van der Waals surface area contributed by atoms with E-state index in [1.807, 2.05) is 65.8 Å². The van der Waals surface area contributed by atoms with E-state index in [9.17, 15) is 9.59 Å². The van der Waals surface area contributed by atoms with Crippen LogP contribution in [0.2, 0.25) is 0 Å². The van der Waals surface area contributed by atoms with Crippen molar-refractivity contribution in [3.8, 4) is 22.0 Å². The maximum atomic E-state index is 13.4. The predicted molar refractivity (Wildman–Crippen MR) is 152 cm³/mol. The summed E-state index contributed by atoms with van der Waals surface area (Å²) in [4.78, 5) is 37.8. The molecule has 4 heterocycles. The van der Waals surface area contributed by atoms with E-state index < -0.39 is 0 Å². The van der Waals surface area contributed by atoms with Crippen LogP contribution in [0.3, 0.4) is 0 Å². The van der Waals surface area contributed by atoms with Crippen molar-refractivity contribution >= 4 is 39.9 Å². The number of carbonyl (C=O) groups is 2. The number of methoxy groups -OCH3 is 1. The van der Waals surface area contributed by atoms with Crippen LogP contribution in [0.4, 0.5) is 5.69 Å². The van der Waals surface area contributed by atoms with Crippen molar-refractivity contribution in [1.82, 2.24) is 25.0 Å². The van der Waals surface area contributed by atoms with E-state index in [2.05, 4.69) is 15.5 Å². The summed E-state index contributed by atoms with van der Waals surface area (Å²) in [5.41, 5.74) is 5.03. The van der Waals surface area contributed by atoms with E-state index in [0.29, 0.717) is 28.0 Å². The van der Waals surface area contributed by atoms with E-state index in [4.69, 9.17) is 14.2 Å². The number of ether oxygens (including phenoxy) is 1. The van der Waals surface area contributed by atoms with E-state index in [-0.39, 0.29) is 17.9 Å². The second-order valence-corrected chi connectivity index (χ2v) is 10.7. The summed E-state index contributed by atoms with van der Waals surface area (Å²) in [5, 5.41) is 7.37. The molecule has 5 aromatic rings. The van der Waals surface area contributed by atoms with Gasteiger partial charge in [0, 0.05) is 24.7 Å². The molecule has 10 nitrogen and oxygen atoms in total. The van der Waals surface area contributed by atoms with E-state index >= 15 is 0 Å². The molecule has 0 spiro atoms. The van der Waals surface area contributed by atoms with Crippen molar-refractivity contribution in [2.75, 3.05) is 19.1 Å². The molecular weight excluding hydrogens is 528 g/mol. The molecule has 1 aliphatic rings. The van der Waals surface area contributed by atoms with Gasteiger partial charge in [0.2, 0.25) is 5.91 Å². The van der Waals surface area contributed by atoms with Crippen LogP contribution in [0.15, 0.2) is 53.2 Å². The average Bonchev–Trinajstić information content (AvgIpc) is 3.69. The van der Waals surface area contributed by atoms with Crippen molar-refractivity contribution in [3.05, 3.63) is 70.8 Å². The van der Waals surface area contributed by atoms with Crippen molar-refractivity contribution in [3.63, 3.8) is 0 Å². The third-order valence-corrected chi connectivity index (χ3v) is 8.22. The monoisotopic (exact) mass is 556 g/mol. The summed E-state index contributed by atoms with van der Waals surface area (Å²) < 4.78 is 12.7. The lowest BCUT2D eigenvalue weighted by Gasteiger charge is -2.35. The Kier molecular flexibility index (Phi) is 6.59. The number of carbonyl (C=O) groups excluding carboxylic acids is 2. The molecule has 0 unspecified atom stereocenters. The van der Waals surface area contributed by atoms with Crippen LogP contribution in [0.1, 0.15) is 52.3 Å². The number of aryl methyl sites for hydroxylation is 2. The maximum absolute atomic E-state index is 13.4. The first-order chi connectivity index (χ1) is 19.4. The van der Waals surface area contributed by atoms with Crippen LogP contribution in [0, 0.1) is 13.8 Å². The predicted octanol–water partition coefficient (Wildman–Crippen LogP) is 5.38. The Morgan fingerprint density at radius 1 is 1.18 bits per heavy atom. The highest BCUT2D eigenvalue weighted by Crippen LogP contribution is 2.40. The van der Waals surface area contributed by atoms with Crippen LogP contribution in [0.5, 0.6) is 5.75 Å². The second kappa shape index (κ2) is 10.2. The van der Waals surface area contributed by atoms with Gasteiger partial charge in [0.15, 0.2) is 5.13 Å². The van der Waals surface area contributed by atoms with E-state index in [1.54, 1.807) is 20.4 Å². The number of aromatic nitrogens is 4. The first-order valence-electron chi connectivity index (χ1n) is 13.0. The Balaban J connectivity index is 1.55. The number of hydrogen-bond donors (Lipinski definition) is 1. The highest BCUT2D eigenvalue weighted by molar-refractivity contribution is 7.16. The topological polar surface area (TPSA) is 115 Å². The lowest BCUT2D eigenvalue weighted by Crippen LogP contribution is -2.39. The molecule has 0 saturated carbocycles. The molecular formula is C29H28N6O4S. The maximum Gasteiger partial charge on any atom is 0.262 e. The summed E-state index contributed by atoms with van der Waals surface area (Å²) in [6, 6.07) is 13.2. The highest BCUT2D eigenvalue weighted by atomic mass is 32.1. The normalized spacial score (nSPS) is 15.6. The molecule has 1 aliphatic heterocycles. The van der Waals surface area contributed by atoms with Crippen molar-refractivity contribution < 1.29 is 18.8 Å². The summed E-state index contributed by atoms with van der Waals surface area (Å²) >= 11 is 1.28. The highest BCUT2D eigenvalue weighted by Gasteiger charge is 2.35. The van der Waals surface area contributed by atoms with Gasteiger partial charge in [-0.3, -0.25) is 14.2 Å². The third kappa shape index (κ3) is 4.32. The van der Waals surface area contributed by atoms with Gasteiger partial charge < -0.3 is 19.5 Å². The Bertz CT molecular complexity index is 1720. The number of thiazole rings is 1. The summed E-state index contributed by atoms with van der Waals surface area (Å²) in [7, 11) is 3.21. The Hall–Kier alpha value is -4.51. The fourth-order valence-corrected chi connectivity index (χ4v) is 6.24. The molecule has 3 aromatic heterocycles. The number of nitrogens with zero attached hydrogens (tertiary/aromatic N) is 5. The second-order valence-electron chi connectivity index (χ2n) is 9.66. The zero-order chi connectivity index (χ0) is 28.0. The minimum absolute atomic E-state index is 0.0293. The molecule has 2 amide bonds. The minimum atomic E-state index is -0.336. The van der Waals surface area contributed by atoms with Gasteiger partial charge in [0.05, 0.1) is 36.1 Å². The molecule has 6 rings (SSSR count). The molecule has 1 fully saturated rings. The van der Waals surface area contributed by atoms with Gasteiger partial charge in [-0.25, -0.2) is 9.97 Å². The molecule has 1 atom stereocenters.